The van der Waals surface area contributed by atoms with Crippen LogP contribution in [-0.4, -0.2) is 36.2 Å². The van der Waals surface area contributed by atoms with E-state index in [1.807, 2.05) is 4.68 Å². The summed E-state index contributed by atoms with van der Waals surface area (Å²) in [6.45, 7) is 1.99. The molecule has 0 spiro atoms. The van der Waals surface area contributed by atoms with Crippen LogP contribution in [0.2, 0.25) is 0 Å². The molecule has 1 aliphatic carbocycles. The Morgan fingerprint density at radius 1 is 1.30 bits per heavy atom. The molecule has 0 unspecified atom stereocenters. The first-order valence-electron chi connectivity index (χ1n) is 7.45. The van der Waals surface area contributed by atoms with Crippen LogP contribution < -0.4 is 0 Å². The van der Waals surface area contributed by atoms with E-state index < -0.39 is 0 Å². The summed E-state index contributed by atoms with van der Waals surface area (Å²) in [6, 6.07) is 5.41. The summed E-state index contributed by atoms with van der Waals surface area (Å²) in [5.41, 5.74) is 1.40. The van der Waals surface area contributed by atoms with Crippen molar-refractivity contribution in [3.8, 4) is 0 Å². The molecule has 3 heterocycles. The first kappa shape index (κ1) is 12.1. The van der Waals surface area contributed by atoms with Gasteiger partial charge in [-0.15, -0.1) is 5.10 Å². The maximum atomic E-state index is 4.23. The minimum Gasteiger partial charge on any atom is -0.353 e. The lowest BCUT2D eigenvalue weighted by atomic mass is 10.1. The molecule has 0 radical (unpaired) electrons. The van der Waals surface area contributed by atoms with Gasteiger partial charge in [-0.3, -0.25) is 4.90 Å². The third-order valence-electron chi connectivity index (χ3n) is 4.49. The van der Waals surface area contributed by atoms with Crippen molar-refractivity contribution in [1.29, 1.82) is 0 Å². The highest BCUT2D eigenvalue weighted by Crippen LogP contribution is 2.36. The van der Waals surface area contributed by atoms with Gasteiger partial charge in [0.25, 0.3) is 0 Å². The Morgan fingerprint density at radius 2 is 2.20 bits per heavy atom. The second kappa shape index (κ2) is 4.70. The molecule has 2 aliphatic rings. The van der Waals surface area contributed by atoms with E-state index in [2.05, 4.69) is 50.4 Å². The van der Waals surface area contributed by atoms with E-state index in [-0.39, 0.29) is 0 Å². The van der Waals surface area contributed by atoms with Crippen LogP contribution in [0.4, 0.5) is 0 Å². The van der Waals surface area contributed by atoms with Crippen molar-refractivity contribution < 1.29 is 0 Å². The van der Waals surface area contributed by atoms with Crippen LogP contribution in [0.5, 0.6) is 0 Å². The zero-order valence-corrected chi connectivity index (χ0v) is 11.8. The maximum Gasteiger partial charge on any atom is 0.165 e. The van der Waals surface area contributed by atoms with E-state index in [1.54, 1.807) is 0 Å². The average Bonchev–Trinajstić information content (AvgIpc) is 2.86. The standard InChI is InChI=1S/C14H20N6/c1-18-8-2-4-12(18)13-5-3-9-19(13)10-14-15-16-17-20(14)11-6-7-11/h2,4,8,11,13H,3,5-7,9-10H2,1H3/t13-/m1/s1. The van der Waals surface area contributed by atoms with Crippen molar-refractivity contribution >= 4 is 0 Å². The van der Waals surface area contributed by atoms with Gasteiger partial charge in [-0.05, 0) is 54.8 Å². The molecule has 2 fully saturated rings. The summed E-state index contributed by atoms with van der Waals surface area (Å²) in [6.07, 6.45) is 7.04. The van der Waals surface area contributed by atoms with Crippen LogP contribution in [0, 0.1) is 0 Å². The number of tetrazole rings is 1. The van der Waals surface area contributed by atoms with Crippen LogP contribution >= 0.6 is 0 Å². The van der Waals surface area contributed by atoms with Crippen LogP contribution in [0.3, 0.4) is 0 Å². The van der Waals surface area contributed by atoms with Crippen LogP contribution in [0.25, 0.3) is 0 Å². The lowest BCUT2D eigenvalue weighted by Gasteiger charge is -2.24. The predicted molar refractivity (Wildman–Crippen MR) is 73.9 cm³/mol. The summed E-state index contributed by atoms with van der Waals surface area (Å²) in [5, 5.41) is 12.2. The molecule has 0 N–H and O–H groups in total. The van der Waals surface area contributed by atoms with Gasteiger partial charge in [0.15, 0.2) is 5.82 Å². The topological polar surface area (TPSA) is 51.8 Å². The third-order valence-corrected chi connectivity index (χ3v) is 4.49. The molecule has 4 rings (SSSR count). The van der Waals surface area contributed by atoms with Gasteiger partial charge in [0.2, 0.25) is 0 Å². The first-order chi connectivity index (χ1) is 9.83. The van der Waals surface area contributed by atoms with Crippen molar-refractivity contribution in [2.75, 3.05) is 6.54 Å². The monoisotopic (exact) mass is 272 g/mol. The number of aromatic nitrogens is 5. The summed E-state index contributed by atoms with van der Waals surface area (Å²) in [4.78, 5) is 2.51. The van der Waals surface area contributed by atoms with E-state index in [4.69, 9.17) is 0 Å². The van der Waals surface area contributed by atoms with Crippen molar-refractivity contribution in [1.82, 2.24) is 29.7 Å². The molecule has 6 heteroatoms. The zero-order chi connectivity index (χ0) is 13.5. The quantitative estimate of drug-likeness (QED) is 0.850. The highest BCUT2D eigenvalue weighted by Gasteiger charge is 2.32. The lowest BCUT2D eigenvalue weighted by Crippen LogP contribution is -2.26. The highest BCUT2D eigenvalue weighted by atomic mass is 15.6. The van der Waals surface area contributed by atoms with Gasteiger partial charge in [-0.2, -0.15) is 0 Å². The fourth-order valence-electron chi connectivity index (χ4n) is 3.27. The fourth-order valence-corrected chi connectivity index (χ4v) is 3.27. The molecular weight excluding hydrogens is 252 g/mol. The highest BCUT2D eigenvalue weighted by molar-refractivity contribution is 5.13. The Hall–Kier alpha value is -1.69. The molecule has 0 bridgehead atoms. The molecule has 2 aromatic heterocycles. The predicted octanol–water partition coefficient (Wildman–Crippen LogP) is 1.68. The Labute approximate surface area is 118 Å². The molecule has 1 aliphatic heterocycles. The zero-order valence-electron chi connectivity index (χ0n) is 11.8. The van der Waals surface area contributed by atoms with E-state index in [9.17, 15) is 0 Å². The van der Waals surface area contributed by atoms with Crippen molar-refractivity contribution in [2.24, 2.45) is 7.05 Å². The molecule has 0 amide bonds. The second-order valence-corrected chi connectivity index (χ2v) is 5.94. The van der Waals surface area contributed by atoms with Gasteiger partial charge in [-0.1, -0.05) is 0 Å². The molecule has 2 aromatic rings. The summed E-state index contributed by atoms with van der Waals surface area (Å²) >= 11 is 0. The Kier molecular flexibility index (Phi) is 2.84. The Balaban J connectivity index is 1.55. The minimum atomic E-state index is 0.499. The van der Waals surface area contributed by atoms with Crippen LogP contribution in [-0.2, 0) is 13.6 Å². The summed E-state index contributed by atoms with van der Waals surface area (Å²) < 4.78 is 4.26. The number of hydrogen-bond acceptors (Lipinski definition) is 4. The number of likely N-dealkylation sites (tertiary alicyclic amines) is 1. The maximum absolute atomic E-state index is 4.23. The number of rotatable bonds is 4. The largest absolute Gasteiger partial charge is 0.353 e. The number of nitrogens with zero attached hydrogens (tertiary/aromatic N) is 6. The average molecular weight is 272 g/mol. The molecule has 6 nitrogen and oxygen atoms in total. The third kappa shape index (κ3) is 2.04. The summed E-state index contributed by atoms with van der Waals surface area (Å²) in [7, 11) is 2.13. The normalized spacial score (nSPS) is 23.6. The van der Waals surface area contributed by atoms with Crippen molar-refractivity contribution in [2.45, 2.75) is 44.3 Å². The molecule has 1 saturated carbocycles. The van der Waals surface area contributed by atoms with Gasteiger partial charge in [0.1, 0.15) is 0 Å². The van der Waals surface area contributed by atoms with Gasteiger partial charge >= 0.3 is 0 Å². The molecule has 1 atom stereocenters. The Bertz CT molecular complexity index is 596. The van der Waals surface area contributed by atoms with E-state index >= 15 is 0 Å². The number of hydrogen-bond donors (Lipinski definition) is 0. The van der Waals surface area contributed by atoms with Gasteiger partial charge in [0.05, 0.1) is 18.6 Å². The summed E-state index contributed by atoms with van der Waals surface area (Å²) in [5.74, 6) is 1.02. The second-order valence-electron chi connectivity index (χ2n) is 5.94. The van der Waals surface area contributed by atoms with Crippen LogP contribution in [0.15, 0.2) is 18.3 Å². The van der Waals surface area contributed by atoms with Gasteiger partial charge in [0, 0.05) is 18.9 Å². The molecule has 20 heavy (non-hydrogen) atoms. The first-order valence-corrected chi connectivity index (χ1v) is 7.45. The molecule has 106 valence electrons. The SMILES string of the molecule is Cn1cccc1[C@H]1CCCN1Cc1nnnn1C1CC1. The minimum absolute atomic E-state index is 0.499. The molecule has 0 aromatic carbocycles. The smallest absolute Gasteiger partial charge is 0.165 e. The molecule has 1 saturated heterocycles. The van der Waals surface area contributed by atoms with Crippen molar-refractivity contribution in [3.05, 3.63) is 29.8 Å². The van der Waals surface area contributed by atoms with E-state index in [1.165, 1.54) is 31.4 Å². The Morgan fingerprint density at radius 3 is 2.95 bits per heavy atom. The van der Waals surface area contributed by atoms with Crippen LogP contribution in [0.1, 0.15) is 49.3 Å². The lowest BCUT2D eigenvalue weighted by molar-refractivity contribution is 0.230. The van der Waals surface area contributed by atoms with E-state index in [0.717, 1.165) is 18.9 Å². The fraction of sp³-hybridized carbons (Fsp3) is 0.643. The van der Waals surface area contributed by atoms with Gasteiger partial charge in [-0.25, -0.2) is 4.68 Å². The van der Waals surface area contributed by atoms with Gasteiger partial charge < -0.3 is 4.57 Å². The molecular formula is C14H20N6. The van der Waals surface area contributed by atoms with E-state index in [0.29, 0.717) is 12.1 Å². The van der Waals surface area contributed by atoms with Crippen molar-refractivity contribution in [3.63, 3.8) is 0 Å². The number of aryl methyl sites for hydroxylation is 1.